The molecule has 1 aromatic heterocycles. The largest absolute Gasteiger partial charge is 0.416 e. The predicted molar refractivity (Wildman–Crippen MR) is 61.8 cm³/mol. The van der Waals surface area contributed by atoms with E-state index in [0.717, 1.165) is 18.6 Å². The molecule has 1 aromatic rings. The molecule has 3 nitrogen and oxygen atoms in total. The van der Waals surface area contributed by atoms with Crippen LogP contribution in [0.1, 0.15) is 25.8 Å². The first-order valence-corrected chi connectivity index (χ1v) is 5.33. The van der Waals surface area contributed by atoms with Crippen molar-refractivity contribution in [1.29, 1.82) is 0 Å². The van der Waals surface area contributed by atoms with Crippen LogP contribution >= 0.6 is 0 Å². The van der Waals surface area contributed by atoms with Crippen LogP contribution in [0.25, 0.3) is 0 Å². The summed E-state index contributed by atoms with van der Waals surface area (Å²) in [5.41, 5.74) is 4.63. The zero-order valence-corrected chi connectivity index (χ0v) is 10.0. The van der Waals surface area contributed by atoms with Gasteiger partial charge in [-0.25, -0.2) is 4.98 Å². The third-order valence-electron chi connectivity index (χ3n) is 2.77. The van der Waals surface area contributed by atoms with Gasteiger partial charge in [-0.2, -0.15) is 13.2 Å². The van der Waals surface area contributed by atoms with E-state index in [2.05, 4.69) is 4.98 Å². The molecule has 2 N–H and O–H groups in total. The van der Waals surface area contributed by atoms with Crippen LogP contribution in [0.4, 0.5) is 24.8 Å². The molecule has 0 aliphatic rings. The van der Waals surface area contributed by atoms with Crippen LogP contribution in [0.5, 0.6) is 0 Å². The number of pyridine rings is 1. The highest BCUT2D eigenvalue weighted by Gasteiger charge is 2.32. The van der Waals surface area contributed by atoms with E-state index < -0.39 is 11.7 Å². The van der Waals surface area contributed by atoms with E-state index in [9.17, 15) is 13.2 Å². The van der Waals surface area contributed by atoms with E-state index in [1.165, 1.54) is 0 Å². The van der Waals surface area contributed by atoms with Crippen LogP contribution in [-0.4, -0.2) is 18.1 Å². The summed E-state index contributed by atoms with van der Waals surface area (Å²) < 4.78 is 37.8. The summed E-state index contributed by atoms with van der Waals surface area (Å²) in [4.78, 5) is 5.61. The number of halogens is 3. The zero-order chi connectivity index (χ0) is 13.2. The molecule has 0 aliphatic heterocycles. The fraction of sp³-hybridized carbons (Fsp3) is 0.545. The first-order chi connectivity index (χ1) is 7.75. The quantitative estimate of drug-likeness (QED) is 0.893. The number of alkyl halides is 3. The molecule has 0 spiro atoms. The molecule has 0 aromatic carbocycles. The van der Waals surface area contributed by atoms with Gasteiger partial charge < -0.3 is 10.6 Å². The summed E-state index contributed by atoms with van der Waals surface area (Å²) in [6, 6.07) is 1.96. The van der Waals surface area contributed by atoms with Gasteiger partial charge in [0.1, 0.15) is 11.6 Å². The normalized spacial score (nSPS) is 13.5. The number of hydrogen-bond acceptors (Lipinski definition) is 3. The maximum absolute atomic E-state index is 12.6. The molecule has 0 saturated carbocycles. The molecule has 0 radical (unpaired) electrons. The first-order valence-electron chi connectivity index (χ1n) is 5.33. The van der Waals surface area contributed by atoms with Gasteiger partial charge in [-0.1, -0.05) is 6.92 Å². The maximum atomic E-state index is 12.6. The van der Waals surface area contributed by atoms with Gasteiger partial charge in [0, 0.05) is 13.1 Å². The molecule has 1 rings (SSSR count). The summed E-state index contributed by atoms with van der Waals surface area (Å²) in [5.74, 6) is 0.122. The van der Waals surface area contributed by atoms with Crippen molar-refractivity contribution in [3.05, 3.63) is 17.7 Å². The monoisotopic (exact) mass is 247 g/mol. The number of nitrogen functional groups attached to an aromatic ring is 1. The Morgan fingerprint density at radius 1 is 1.41 bits per heavy atom. The van der Waals surface area contributed by atoms with Crippen LogP contribution in [0, 0.1) is 0 Å². The Kier molecular flexibility index (Phi) is 3.85. The Balaban J connectivity index is 3.14. The minimum absolute atomic E-state index is 0.102. The van der Waals surface area contributed by atoms with Gasteiger partial charge in [-0.3, -0.25) is 0 Å². The van der Waals surface area contributed by atoms with Crippen LogP contribution in [-0.2, 0) is 6.18 Å². The predicted octanol–water partition coefficient (Wildman–Crippen LogP) is 2.92. The Morgan fingerprint density at radius 3 is 2.47 bits per heavy atom. The first kappa shape index (κ1) is 13.6. The lowest BCUT2D eigenvalue weighted by Crippen LogP contribution is -2.29. The lowest BCUT2D eigenvalue weighted by molar-refractivity contribution is -0.137. The minimum atomic E-state index is -4.40. The summed E-state index contributed by atoms with van der Waals surface area (Å²) in [7, 11) is 1.70. The van der Waals surface area contributed by atoms with Crippen molar-refractivity contribution >= 4 is 11.6 Å². The van der Waals surface area contributed by atoms with Gasteiger partial charge in [0.05, 0.1) is 5.56 Å². The number of aromatic nitrogens is 1. The summed E-state index contributed by atoms with van der Waals surface area (Å²) in [5, 5.41) is 0. The van der Waals surface area contributed by atoms with Crippen LogP contribution in [0.2, 0.25) is 0 Å². The maximum Gasteiger partial charge on any atom is 0.416 e. The van der Waals surface area contributed by atoms with Gasteiger partial charge in [-0.15, -0.1) is 0 Å². The molecule has 96 valence electrons. The smallest absolute Gasteiger partial charge is 0.384 e. The fourth-order valence-corrected chi connectivity index (χ4v) is 1.38. The molecule has 1 unspecified atom stereocenters. The van der Waals surface area contributed by atoms with E-state index in [4.69, 9.17) is 5.73 Å². The molecule has 0 saturated heterocycles. The Hall–Kier alpha value is -1.46. The second-order valence-corrected chi connectivity index (χ2v) is 4.00. The molecule has 1 atom stereocenters. The lowest BCUT2D eigenvalue weighted by Gasteiger charge is -2.25. The van der Waals surface area contributed by atoms with Gasteiger partial charge in [0.15, 0.2) is 0 Å². The summed E-state index contributed by atoms with van der Waals surface area (Å²) in [6.07, 6.45) is -3.59. The van der Waals surface area contributed by atoms with E-state index in [0.29, 0.717) is 0 Å². The van der Waals surface area contributed by atoms with Crippen LogP contribution in [0.3, 0.4) is 0 Å². The SMILES string of the molecule is CCC(C)N(C)c1cc(C(F)(F)F)cc(N)n1. The molecule has 1 heterocycles. The van der Waals surface area contributed by atoms with Crippen molar-refractivity contribution in [2.45, 2.75) is 32.5 Å². The third kappa shape index (κ3) is 3.25. The number of hydrogen-bond donors (Lipinski definition) is 1. The van der Waals surface area contributed by atoms with Gasteiger partial charge in [-0.05, 0) is 25.5 Å². The molecule has 6 heteroatoms. The Labute approximate surface area is 98.4 Å². The van der Waals surface area contributed by atoms with Gasteiger partial charge in [0.25, 0.3) is 0 Å². The highest BCUT2D eigenvalue weighted by atomic mass is 19.4. The topological polar surface area (TPSA) is 42.1 Å². The summed E-state index contributed by atoms with van der Waals surface area (Å²) in [6.45, 7) is 3.87. The zero-order valence-electron chi connectivity index (χ0n) is 10.0. The number of nitrogens with zero attached hydrogens (tertiary/aromatic N) is 2. The molecular weight excluding hydrogens is 231 g/mol. The van der Waals surface area contributed by atoms with Crippen molar-refractivity contribution in [3.63, 3.8) is 0 Å². The standard InChI is InChI=1S/C11H16F3N3/c1-4-7(2)17(3)10-6-8(11(12,13)14)5-9(15)16-10/h5-7H,4H2,1-3H3,(H2,15,16). The molecular formula is C11H16F3N3. The van der Waals surface area contributed by atoms with E-state index >= 15 is 0 Å². The van der Waals surface area contributed by atoms with E-state index in [1.54, 1.807) is 11.9 Å². The third-order valence-corrected chi connectivity index (χ3v) is 2.77. The van der Waals surface area contributed by atoms with E-state index in [-0.39, 0.29) is 17.7 Å². The second kappa shape index (κ2) is 4.81. The molecule has 0 aliphatic carbocycles. The van der Waals surface area contributed by atoms with Crippen LogP contribution in [0.15, 0.2) is 12.1 Å². The minimum Gasteiger partial charge on any atom is -0.384 e. The Bertz CT molecular complexity index is 390. The lowest BCUT2D eigenvalue weighted by atomic mass is 10.2. The fourth-order valence-electron chi connectivity index (χ4n) is 1.38. The second-order valence-electron chi connectivity index (χ2n) is 4.00. The van der Waals surface area contributed by atoms with Crippen molar-refractivity contribution in [1.82, 2.24) is 4.98 Å². The number of rotatable bonds is 3. The average Bonchev–Trinajstić information content (AvgIpc) is 2.25. The summed E-state index contributed by atoms with van der Waals surface area (Å²) >= 11 is 0. The van der Waals surface area contributed by atoms with Crippen molar-refractivity contribution in [2.75, 3.05) is 17.7 Å². The van der Waals surface area contributed by atoms with Crippen molar-refractivity contribution in [3.8, 4) is 0 Å². The average molecular weight is 247 g/mol. The molecule has 0 bridgehead atoms. The molecule has 0 fully saturated rings. The van der Waals surface area contributed by atoms with Crippen molar-refractivity contribution in [2.24, 2.45) is 0 Å². The number of nitrogens with two attached hydrogens (primary N) is 1. The Morgan fingerprint density at radius 2 is 2.00 bits per heavy atom. The molecule has 17 heavy (non-hydrogen) atoms. The van der Waals surface area contributed by atoms with E-state index in [1.807, 2.05) is 13.8 Å². The molecule has 0 amide bonds. The highest BCUT2D eigenvalue weighted by Crippen LogP contribution is 2.32. The van der Waals surface area contributed by atoms with Gasteiger partial charge in [0.2, 0.25) is 0 Å². The van der Waals surface area contributed by atoms with Crippen LogP contribution < -0.4 is 10.6 Å². The number of anilines is 2. The van der Waals surface area contributed by atoms with Crippen molar-refractivity contribution < 1.29 is 13.2 Å². The van der Waals surface area contributed by atoms with Gasteiger partial charge >= 0.3 is 6.18 Å². The highest BCUT2D eigenvalue weighted by molar-refractivity contribution is 5.49.